The zero-order valence-electron chi connectivity index (χ0n) is 14.4. The van der Waals surface area contributed by atoms with E-state index in [1.807, 2.05) is 23.0 Å². The summed E-state index contributed by atoms with van der Waals surface area (Å²) in [5.74, 6) is 0. The summed E-state index contributed by atoms with van der Waals surface area (Å²) in [6.07, 6.45) is 5.85. The number of likely N-dealkylation sites (N-methyl/N-ethyl adjacent to an activating group) is 1. The highest BCUT2D eigenvalue weighted by Crippen LogP contribution is 2.28. The molecule has 1 aliphatic rings. The summed E-state index contributed by atoms with van der Waals surface area (Å²) in [5, 5.41) is 0.702. The minimum Gasteiger partial charge on any atom is -0.370 e. The first-order chi connectivity index (χ1) is 12.1. The van der Waals surface area contributed by atoms with Crippen LogP contribution in [0.15, 0.2) is 47.5 Å². The fourth-order valence-corrected chi connectivity index (χ4v) is 4.31. The van der Waals surface area contributed by atoms with Gasteiger partial charge in [0.25, 0.3) is 0 Å². The van der Waals surface area contributed by atoms with Crippen LogP contribution in [-0.4, -0.2) is 22.6 Å². The first-order valence-corrected chi connectivity index (χ1v) is 9.64. The Balaban J connectivity index is 1.73. The van der Waals surface area contributed by atoms with Gasteiger partial charge in [0.2, 0.25) is 5.43 Å². The minimum absolute atomic E-state index is 0.0674. The third-order valence-corrected chi connectivity index (χ3v) is 5.95. The van der Waals surface area contributed by atoms with Crippen LogP contribution in [0.2, 0.25) is 0 Å². The van der Waals surface area contributed by atoms with Crippen molar-refractivity contribution in [3.63, 3.8) is 0 Å². The molecule has 0 bridgehead atoms. The summed E-state index contributed by atoms with van der Waals surface area (Å²) in [7, 11) is 2.10. The number of benzene rings is 1. The topological polar surface area (TPSA) is 38.1 Å². The second-order valence-corrected chi connectivity index (χ2v) is 7.76. The van der Waals surface area contributed by atoms with Gasteiger partial charge in [0.05, 0.1) is 20.8 Å². The van der Waals surface area contributed by atoms with E-state index >= 15 is 0 Å². The number of anilines is 1. The number of aromatic nitrogens is 2. The molecular weight excluding hydrogens is 425 g/mol. The second kappa shape index (κ2) is 6.44. The van der Waals surface area contributed by atoms with Gasteiger partial charge in [-0.15, -0.1) is 0 Å². The van der Waals surface area contributed by atoms with Crippen molar-refractivity contribution in [3.05, 3.63) is 67.6 Å². The molecule has 2 heterocycles. The molecule has 0 fully saturated rings. The number of rotatable bonds is 3. The van der Waals surface area contributed by atoms with Crippen molar-refractivity contribution in [3.8, 4) is 0 Å². The summed E-state index contributed by atoms with van der Waals surface area (Å²) in [4.78, 5) is 19.5. The molecule has 1 aliphatic carbocycles. The molecule has 4 nitrogen and oxygen atoms in total. The molecular formula is C20H20IN3O. The van der Waals surface area contributed by atoms with Crippen molar-refractivity contribution in [2.24, 2.45) is 0 Å². The van der Waals surface area contributed by atoms with E-state index in [1.54, 1.807) is 0 Å². The van der Waals surface area contributed by atoms with Crippen LogP contribution in [0, 0.1) is 3.57 Å². The van der Waals surface area contributed by atoms with Gasteiger partial charge in [-0.1, -0.05) is 24.3 Å². The van der Waals surface area contributed by atoms with Gasteiger partial charge in [0, 0.05) is 25.8 Å². The molecule has 0 radical (unpaired) electrons. The number of pyridine rings is 2. The summed E-state index contributed by atoms with van der Waals surface area (Å²) >= 11 is 2.11. The predicted molar refractivity (Wildman–Crippen MR) is 110 cm³/mol. The van der Waals surface area contributed by atoms with Crippen molar-refractivity contribution in [1.82, 2.24) is 9.55 Å². The number of hydrogen-bond acceptors (Lipinski definition) is 3. The lowest BCUT2D eigenvalue weighted by molar-refractivity contribution is 0.666. The summed E-state index contributed by atoms with van der Waals surface area (Å²) in [6.45, 7) is 2.87. The average Bonchev–Trinajstić information content (AvgIpc) is 3.08. The Labute approximate surface area is 160 Å². The summed E-state index contributed by atoms with van der Waals surface area (Å²) in [5.41, 5.74) is 4.69. The fraction of sp³-hybridized carbons (Fsp3) is 0.300. The van der Waals surface area contributed by atoms with Crippen molar-refractivity contribution in [2.75, 3.05) is 11.9 Å². The van der Waals surface area contributed by atoms with E-state index in [2.05, 4.69) is 70.7 Å². The molecule has 25 heavy (non-hydrogen) atoms. The predicted octanol–water partition coefficient (Wildman–Crippen LogP) is 3.62. The van der Waals surface area contributed by atoms with Crippen LogP contribution in [0.5, 0.6) is 0 Å². The van der Waals surface area contributed by atoms with Gasteiger partial charge in [-0.25, -0.2) is 4.98 Å². The third kappa shape index (κ3) is 2.84. The molecule has 128 valence electrons. The monoisotopic (exact) mass is 445 g/mol. The molecule has 2 aromatic heterocycles. The Morgan fingerprint density at radius 1 is 1.28 bits per heavy atom. The number of hydrogen-bond donors (Lipinski definition) is 0. The van der Waals surface area contributed by atoms with Crippen molar-refractivity contribution in [1.29, 1.82) is 0 Å². The minimum atomic E-state index is 0.0674. The maximum absolute atomic E-state index is 12.6. The molecule has 1 aromatic carbocycles. The Morgan fingerprint density at radius 3 is 2.60 bits per heavy atom. The molecule has 0 spiro atoms. The SMILES string of the molecule is CCn1cc(I)c(=O)c2cc(N(C)C3Cc4ccccc4C3)cnc21. The van der Waals surface area contributed by atoms with Crippen molar-refractivity contribution < 1.29 is 0 Å². The average molecular weight is 445 g/mol. The Morgan fingerprint density at radius 2 is 1.96 bits per heavy atom. The smallest absolute Gasteiger partial charge is 0.204 e. The van der Waals surface area contributed by atoms with E-state index in [0.717, 1.165) is 34.3 Å². The largest absolute Gasteiger partial charge is 0.370 e. The van der Waals surface area contributed by atoms with Gasteiger partial charge in [0.1, 0.15) is 5.65 Å². The standard InChI is InChI=1S/C20H20IN3O/c1-3-24-12-18(21)19(25)17-10-16(11-22-20(17)24)23(2)15-8-13-6-4-5-7-14(13)9-15/h4-7,10-12,15H,3,8-9H2,1-2H3. The number of halogens is 1. The molecule has 4 rings (SSSR count). The highest BCUT2D eigenvalue weighted by molar-refractivity contribution is 14.1. The third-order valence-electron chi connectivity index (χ3n) is 5.18. The zero-order valence-corrected chi connectivity index (χ0v) is 16.5. The van der Waals surface area contributed by atoms with E-state index in [1.165, 1.54) is 11.1 Å². The molecule has 0 N–H and O–H groups in total. The summed E-state index contributed by atoms with van der Waals surface area (Å²) < 4.78 is 2.77. The van der Waals surface area contributed by atoms with Crippen LogP contribution in [0.3, 0.4) is 0 Å². The van der Waals surface area contributed by atoms with Crippen molar-refractivity contribution in [2.45, 2.75) is 32.4 Å². The van der Waals surface area contributed by atoms with Crippen molar-refractivity contribution >= 4 is 39.3 Å². The highest BCUT2D eigenvalue weighted by atomic mass is 127. The van der Waals surface area contributed by atoms with Crippen LogP contribution >= 0.6 is 22.6 Å². The second-order valence-electron chi connectivity index (χ2n) is 6.60. The van der Waals surface area contributed by atoms with Crippen LogP contribution in [-0.2, 0) is 19.4 Å². The lowest BCUT2D eigenvalue weighted by Crippen LogP contribution is -2.32. The quantitative estimate of drug-likeness (QED) is 0.579. The van der Waals surface area contributed by atoms with E-state index < -0.39 is 0 Å². The Hall–Kier alpha value is -1.89. The molecule has 0 amide bonds. The fourth-order valence-electron chi connectivity index (χ4n) is 3.68. The van der Waals surface area contributed by atoms with Gasteiger partial charge >= 0.3 is 0 Å². The molecule has 3 aromatic rings. The van der Waals surface area contributed by atoms with E-state index in [0.29, 0.717) is 11.4 Å². The van der Waals surface area contributed by atoms with E-state index in [4.69, 9.17) is 0 Å². The number of aryl methyl sites for hydroxylation is 1. The number of nitrogens with zero attached hydrogens (tertiary/aromatic N) is 3. The van der Waals surface area contributed by atoms with E-state index in [-0.39, 0.29) is 5.43 Å². The lowest BCUT2D eigenvalue weighted by Gasteiger charge is -2.26. The molecule has 0 atom stereocenters. The van der Waals surface area contributed by atoms with E-state index in [9.17, 15) is 4.79 Å². The normalized spacial score (nSPS) is 14.0. The lowest BCUT2D eigenvalue weighted by atomic mass is 10.1. The van der Waals surface area contributed by atoms with Crippen LogP contribution in [0.4, 0.5) is 5.69 Å². The van der Waals surface area contributed by atoms with Gasteiger partial charge in [-0.3, -0.25) is 4.79 Å². The first-order valence-electron chi connectivity index (χ1n) is 8.56. The maximum atomic E-state index is 12.6. The molecule has 0 unspecified atom stereocenters. The maximum Gasteiger partial charge on any atom is 0.204 e. The Bertz CT molecular complexity index is 986. The molecule has 0 saturated carbocycles. The first kappa shape index (κ1) is 16.6. The highest BCUT2D eigenvalue weighted by Gasteiger charge is 2.25. The van der Waals surface area contributed by atoms with Crippen LogP contribution < -0.4 is 10.3 Å². The number of fused-ring (bicyclic) bond motifs is 2. The van der Waals surface area contributed by atoms with Crippen LogP contribution in [0.1, 0.15) is 18.1 Å². The van der Waals surface area contributed by atoms with Crippen LogP contribution in [0.25, 0.3) is 11.0 Å². The van der Waals surface area contributed by atoms with Gasteiger partial charge in [0.15, 0.2) is 0 Å². The molecule has 5 heteroatoms. The van der Waals surface area contributed by atoms with Gasteiger partial charge < -0.3 is 9.47 Å². The molecule has 0 aliphatic heterocycles. The summed E-state index contributed by atoms with van der Waals surface area (Å²) in [6, 6.07) is 11.0. The van der Waals surface area contributed by atoms with Gasteiger partial charge in [-0.2, -0.15) is 0 Å². The van der Waals surface area contributed by atoms with Gasteiger partial charge in [-0.05, 0) is 59.5 Å². The Kier molecular flexibility index (Phi) is 4.27. The molecule has 0 saturated heterocycles. The zero-order chi connectivity index (χ0) is 17.6.